The van der Waals surface area contributed by atoms with Gasteiger partial charge in [-0.2, -0.15) is 0 Å². The molecule has 0 fully saturated rings. The molecule has 8 heteroatoms. The van der Waals surface area contributed by atoms with E-state index in [0.29, 0.717) is 36.1 Å². The quantitative estimate of drug-likeness (QED) is 0.709. The van der Waals surface area contributed by atoms with Crippen molar-refractivity contribution in [2.45, 2.75) is 0 Å². The van der Waals surface area contributed by atoms with Gasteiger partial charge in [0.25, 0.3) is 5.91 Å². The van der Waals surface area contributed by atoms with Crippen LogP contribution in [0.15, 0.2) is 54.7 Å². The normalized spacial score (nSPS) is 12.4. The van der Waals surface area contributed by atoms with Crippen LogP contribution in [0.3, 0.4) is 0 Å². The summed E-state index contributed by atoms with van der Waals surface area (Å²) in [4.78, 5) is 16.5. The van der Waals surface area contributed by atoms with Crippen molar-refractivity contribution in [3.05, 3.63) is 72.1 Å². The summed E-state index contributed by atoms with van der Waals surface area (Å²) in [6.07, 6.45) is 1.37. The molecule has 1 amide bonds. The number of carbonyl (C=O) groups is 1. The van der Waals surface area contributed by atoms with Crippen LogP contribution in [0, 0.1) is 11.6 Å². The second-order valence-electron chi connectivity index (χ2n) is 5.96. The highest BCUT2D eigenvalue weighted by Gasteiger charge is 2.15. The van der Waals surface area contributed by atoms with E-state index in [1.165, 1.54) is 24.4 Å². The number of anilines is 3. The Morgan fingerprint density at radius 1 is 0.929 bits per heavy atom. The number of hydrogen-bond donors (Lipinski definition) is 2. The number of aromatic nitrogens is 1. The van der Waals surface area contributed by atoms with Crippen LogP contribution in [0.4, 0.5) is 25.8 Å². The van der Waals surface area contributed by atoms with Crippen LogP contribution in [0.2, 0.25) is 0 Å². The Bertz CT molecular complexity index is 1020. The van der Waals surface area contributed by atoms with E-state index < -0.39 is 17.5 Å². The molecule has 0 aliphatic carbocycles. The van der Waals surface area contributed by atoms with Gasteiger partial charge in [0.15, 0.2) is 11.5 Å². The third-order valence-corrected chi connectivity index (χ3v) is 4.02. The number of para-hydroxylation sites is 1. The van der Waals surface area contributed by atoms with E-state index in [1.807, 2.05) is 0 Å². The molecule has 6 nitrogen and oxygen atoms in total. The van der Waals surface area contributed by atoms with Gasteiger partial charge in [0, 0.05) is 23.6 Å². The highest BCUT2D eigenvalue weighted by Crippen LogP contribution is 2.32. The molecule has 0 saturated carbocycles. The largest absolute Gasteiger partial charge is 0.486 e. The Morgan fingerprint density at radius 3 is 2.46 bits per heavy atom. The monoisotopic (exact) mass is 383 g/mol. The topological polar surface area (TPSA) is 72.5 Å². The van der Waals surface area contributed by atoms with Gasteiger partial charge in [-0.25, -0.2) is 8.78 Å². The summed E-state index contributed by atoms with van der Waals surface area (Å²) in [6, 6.07) is 11.5. The molecule has 1 aliphatic rings. The number of amides is 1. The summed E-state index contributed by atoms with van der Waals surface area (Å²) in [7, 11) is 0. The maximum Gasteiger partial charge on any atom is 0.274 e. The van der Waals surface area contributed by atoms with Crippen molar-refractivity contribution < 1.29 is 23.0 Å². The van der Waals surface area contributed by atoms with E-state index in [4.69, 9.17) is 9.47 Å². The van der Waals surface area contributed by atoms with Gasteiger partial charge >= 0.3 is 0 Å². The maximum absolute atomic E-state index is 13.8. The fourth-order valence-electron chi connectivity index (χ4n) is 2.71. The van der Waals surface area contributed by atoms with Gasteiger partial charge < -0.3 is 20.1 Å². The number of hydrogen-bond acceptors (Lipinski definition) is 5. The predicted molar refractivity (Wildman–Crippen MR) is 99.3 cm³/mol. The fraction of sp³-hybridized carbons (Fsp3) is 0.100. The summed E-state index contributed by atoms with van der Waals surface area (Å²) in [5, 5.41) is 5.34. The Morgan fingerprint density at radius 2 is 1.68 bits per heavy atom. The minimum Gasteiger partial charge on any atom is -0.486 e. The van der Waals surface area contributed by atoms with E-state index in [9.17, 15) is 13.6 Å². The third kappa shape index (κ3) is 3.71. The Labute approximate surface area is 159 Å². The van der Waals surface area contributed by atoms with Crippen LogP contribution >= 0.6 is 0 Å². The summed E-state index contributed by atoms with van der Waals surface area (Å²) in [6.45, 7) is 0.914. The number of rotatable bonds is 4. The molecule has 4 rings (SSSR count). The SMILES string of the molecule is O=C(Nc1ccc2c(c1)OCCO2)c1cc(Nc2c(F)cccc2F)ccn1. The number of ether oxygens (including phenoxy) is 2. The first-order valence-electron chi connectivity index (χ1n) is 8.48. The number of pyridine rings is 1. The van der Waals surface area contributed by atoms with Gasteiger partial charge in [0.2, 0.25) is 0 Å². The summed E-state index contributed by atoms with van der Waals surface area (Å²) in [5.74, 6) is -0.796. The zero-order chi connectivity index (χ0) is 19.5. The molecule has 1 aliphatic heterocycles. The van der Waals surface area contributed by atoms with Crippen LogP contribution in [0.1, 0.15) is 10.5 Å². The van der Waals surface area contributed by atoms with E-state index in [0.717, 1.165) is 12.1 Å². The summed E-state index contributed by atoms with van der Waals surface area (Å²) >= 11 is 0. The molecule has 0 atom stereocenters. The molecule has 0 radical (unpaired) electrons. The minimum atomic E-state index is -0.737. The lowest BCUT2D eigenvalue weighted by Gasteiger charge is -2.19. The molecule has 142 valence electrons. The van der Waals surface area contributed by atoms with Crippen molar-refractivity contribution >= 4 is 23.0 Å². The molecular weight excluding hydrogens is 368 g/mol. The maximum atomic E-state index is 13.8. The van der Waals surface area contributed by atoms with Crippen molar-refractivity contribution in [3.8, 4) is 11.5 Å². The molecular formula is C20H15F2N3O3. The highest BCUT2D eigenvalue weighted by molar-refractivity contribution is 6.03. The molecule has 3 aromatic rings. The van der Waals surface area contributed by atoms with Crippen molar-refractivity contribution in [2.75, 3.05) is 23.8 Å². The van der Waals surface area contributed by atoms with Crippen molar-refractivity contribution in [1.29, 1.82) is 0 Å². The average molecular weight is 383 g/mol. The smallest absolute Gasteiger partial charge is 0.274 e. The zero-order valence-electron chi connectivity index (χ0n) is 14.5. The number of benzene rings is 2. The number of fused-ring (bicyclic) bond motifs is 1. The summed E-state index contributed by atoms with van der Waals surface area (Å²) < 4.78 is 38.5. The molecule has 0 saturated heterocycles. The van der Waals surface area contributed by atoms with Crippen LogP contribution in [0.25, 0.3) is 0 Å². The Balaban J connectivity index is 1.52. The molecule has 2 heterocycles. The molecule has 2 aromatic carbocycles. The van der Waals surface area contributed by atoms with E-state index in [1.54, 1.807) is 18.2 Å². The zero-order valence-corrected chi connectivity index (χ0v) is 14.5. The van der Waals surface area contributed by atoms with Gasteiger partial charge in [0.1, 0.15) is 36.2 Å². The molecule has 0 spiro atoms. The van der Waals surface area contributed by atoms with Gasteiger partial charge in [-0.3, -0.25) is 9.78 Å². The number of nitrogens with zero attached hydrogens (tertiary/aromatic N) is 1. The summed E-state index contributed by atoms with van der Waals surface area (Å²) in [5.41, 5.74) is 0.615. The van der Waals surface area contributed by atoms with E-state index in [-0.39, 0.29) is 11.4 Å². The third-order valence-electron chi connectivity index (χ3n) is 4.02. The minimum absolute atomic E-state index is 0.0802. The second kappa shape index (κ2) is 7.51. The Hall–Kier alpha value is -3.68. The molecule has 0 bridgehead atoms. The van der Waals surface area contributed by atoms with Crippen molar-refractivity contribution in [1.82, 2.24) is 4.98 Å². The van der Waals surface area contributed by atoms with Crippen LogP contribution < -0.4 is 20.1 Å². The first-order chi connectivity index (χ1) is 13.6. The van der Waals surface area contributed by atoms with Gasteiger partial charge in [-0.1, -0.05) is 6.07 Å². The van der Waals surface area contributed by atoms with Crippen LogP contribution in [0.5, 0.6) is 11.5 Å². The molecule has 2 N–H and O–H groups in total. The van der Waals surface area contributed by atoms with Crippen LogP contribution in [-0.2, 0) is 0 Å². The average Bonchev–Trinajstić information content (AvgIpc) is 2.71. The van der Waals surface area contributed by atoms with Gasteiger partial charge in [-0.15, -0.1) is 0 Å². The lowest BCUT2D eigenvalue weighted by molar-refractivity contribution is 0.102. The lowest BCUT2D eigenvalue weighted by atomic mass is 10.2. The van der Waals surface area contributed by atoms with Crippen molar-refractivity contribution in [3.63, 3.8) is 0 Å². The van der Waals surface area contributed by atoms with Crippen LogP contribution in [-0.4, -0.2) is 24.1 Å². The molecule has 28 heavy (non-hydrogen) atoms. The van der Waals surface area contributed by atoms with E-state index in [2.05, 4.69) is 15.6 Å². The molecule has 1 aromatic heterocycles. The fourth-order valence-corrected chi connectivity index (χ4v) is 2.71. The van der Waals surface area contributed by atoms with Gasteiger partial charge in [-0.05, 0) is 36.4 Å². The second-order valence-corrected chi connectivity index (χ2v) is 5.96. The van der Waals surface area contributed by atoms with E-state index >= 15 is 0 Å². The number of carbonyl (C=O) groups excluding carboxylic acids is 1. The Kier molecular flexibility index (Phi) is 4.76. The number of halogens is 2. The molecule has 0 unspecified atom stereocenters. The lowest BCUT2D eigenvalue weighted by Crippen LogP contribution is -2.17. The van der Waals surface area contributed by atoms with Crippen molar-refractivity contribution in [2.24, 2.45) is 0 Å². The number of nitrogens with one attached hydrogen (secondary N) is 2. The highest BCUT2D eigenvalue weighted by atomic mass is 19.1. The standard InChI is InChI=1S/C20H15F2N3O3/c21-14-2-1-3-15(22)19(14)24-13-6-7-23-16(10-13)20(26)25-12-4-5-17-18(11-12)28-9-8-27-17/h1-7,10-11H,8-9H2,(H,23,24)(H,25,26). The van der Waals surface area contributed by atoms with Gasteiger partial charge in [0.05, 0.1) is 0 Å². The first kappa shape index (κ1) is 17.7. The first-order valence-corrected chi connectivity index (χ1v) is 8.48. The predicted octanol–water partition coefficient (Wildman–Crippen LogP) is 4.13.